The summed E-state index contributed by atoms with van der Waals surface area (Å²) in [5.74, 6) is 0.560. The summed E-state index contributed by atoms with van der Waals surface area (Å²) in [6.07, 6.45) is 2.67. The van der Waals surface area contributed by atoms with Crippen molar-refractivity contribution < 1.29 is 4.79 Å². The van der Waals surface area contributed by atoms with Gasteiger partial charge in [0.15, 0.2) is 0 Å². The van der Waals surface area contributed by atoms with E-state index in [1.165, 1.54) is 11.1 Å². The smallest absolute Gasteiger partial charge is 0.239 e. The number of rotatable bonds is 3. The molecule has 2 heterocycles. The van der Waals surface area contributed by atoms with Crippen LogP contribution in [-0.2, 0) is 17.8 Å². The van der Waals surface area contributed by atoms with Crippen LogP contribution < -0.4 is 5.32 Å². The molecule has 0 unspecified atom stereocenters. The largest absolute Gasteiger partial charge is 0.310 e. The van der Waals surface area contributed by atoms with Gasteiger partial charge in [-0.2, -0.15) is 0 Å². The predicted molar refractivity (Wildman–Crippen MR) is 86.0 cm³/mol. The van der Waals surface area contributed by atoms with Crippen LogP contribution in [0.15, 0.2) is 47.1 Å². The van der Waals surface area contributed by atoms with Crippen LogP contribution in [0.25, 0.3) is 0 Å². The summed E-state index contributed by atoms with van der Waals surface area (Å²) in [7, 11) is 0. The number of nitrogens with zero attached hydrogens (tertiary/aromatic N) is 2. The van der Waals surface area contributed by atoms with E-state index < -0.39 is 0 Å². The SMILES string of the molecule is O=C(CN1CCc2ccccc2C1)Nc1ccc(Br)cn1. The van der Waals surface area contributed by atoms with Crippen LogP contribution in [0.3, 0.4) is 0 Å². The molecule has 2 aromatic rings. The average molecular weight is 346 g/mol. The maximum absolute atomic E-state index is 12.1. The molecule has 0 aliphatic carbocycles. The van der Waals surface area contributed by atoms with Gasteiger partial charge in [-0.3, -0.25) is 9.69 Å². The summed E-state index contributed by atoms with van der Waals surface area (Å²) in [6.45, 7) is 2.14. The maximum Gasteiger partial charge on any atom is 0.239 e. The van der Waals surface area contributed by atoms with Crippen LogP contribution in [0.1, 0.15) is 11.1 Å². The highest BCUT2D eigenvalue weighted by Crippen LogP contribution is 2.18. The molecule has 0 bridgehead atoms. The highest BCUT2D eigenvalue weighted by Gasteiger charge is 2.18. The number of benzene rings is 1. The van der Waals surface area contributed by atoms with Gasteiger partial charge in [-0.25, -0.2) is 4.98 Å². The molecule has 3 rings (SSSR count). The van der Waals surface area contributed by atoms with Gasteiger partial charge in [0.2, 0.25) is 5.91 Å². The fraction of sp³-hybridized carbons (Fsp3) is 0.250. The Morgan fingerprint density at radius 3 is 2.81 bits per heavy atom. The average Bonchev–Trinajstić information content (AvgIpc) is 2.49. The number of fused-ring (bicyclic) bond motifs is 1. The number of anilines is 1. The van der Waals surface area contributed by atoms with Crippen molar-refractivity contribution in [1.29, 1.82) is 0 Å². The molecule has 0 saturated carbocycles. The van der Waals surface area contributed by atoms with Gasteiger partial charge in [0, 0.05) is 23.8 Å². The highest BCUT2D eigenvalue weighted by molar-refractivity contribution is 9.10. The summed E-state index contributed by atoms with van der Waals surface area (Å²) in [4.78, 5) is 18.4. The zero-order valence-corrected chi connectivity index (χ0v) is 13.1. The van der Waals surface area contributed by atoms with Gasteiger partial charge in [0.25, 0.3) is 0 Å². The number of carbonyl (C=O) groups is 1. The number of halogens is 1. The molecule has 0 spiro atoms. The standard InChI is InChI=1S/C16H16BrN3O/c17-14-5-6-15(18-9-14)19-16(21)11-20-8-7-12-3-1-2-4-13(12)10-20/h1-6,9H,7-8,10-11H2,(H,18,19,21). The van der Waals surface area contributed by atoms with E-state index in [1.54, 1.807) is 12.3 Å². The third-order valence-electron chi connectivity index (χ3n) is 3.57. The first-order chi connectivity index (χ1) is 10.2. The molecule has 108 valence electrons. The Morgan fingerprint density at radius 2 is 2.05 bits per heavy atom. The van der Waals surface area contributed by atoms with Crippen molar-refractivity contribution in [2.45, 2.75) is 13.0 Å². The van der Waals surface area contributed by atoms with Crippen molar-refractivity contribution in [1.82, 2.24) is 9.88 Å². The van der Waals surface area contributed by atoms with Gasteiger partial charge < -0.3 is 5.32 Å². The van der Waals surface area contributed by atoms with Crippen LogP contribution in [-0.4, -0.2) is 28.9 Å². The lowest BCUT2D eigenvalue weighted by Gasteiger charge is -2.27. The molecular weight excluding hydrogens is 330 g/mol. The second-order valence-electron chi connectivity index (χ2n) is 5.14. The lowest BCUT2D eigenvalue weighted by Crippen LogP contribution is -2.37. The number of hydrogen-bond acceptors (Lipinski definition) is 3. The van der Waals surface area contributed by atoms with Gasteiger partial charge in [-0.1, -0.05) is 24.3 Å². The number of aromatic nitrogens is 1. The van der Waals surface area contributed by atoms with E-state index >= 15 is 0 Å². The fourth-order valence-corrected chi connectivity index (χ4v) is 2.76. The zero-order chi connectivity index (χ0) is 14.7. The summed E-state index contributed by atoms with van der Waals surface area (Å²) in [6, 6.07) is 12.1. The summed E-state index contributed by atoms with van der Waals surface area (Å²) >= 11 is 3.32. The van der Waals surface area contributed by atoms with Crippen LogP contribution in [0, 0.1) is 0 Å². The number of hydrogen-bond donors (Lipinski definition) is 1. The lowest BCUT2D eigenvalue weighted by molar-refractivity contribution is -0.117. The van der Waals surface area contributed by atoms with E-state index in [0.717, 1.165) is 24.0 Å². The molecule has 0 fully saturated rings. The number of pyridine rings is 1. The Hall–Kier alpha value is -1.72. The van der Waals surface area contributed by atoms with E-state index in [0.29, 0.717) is 12.4 Å². The molecule has 1 aromatic carbocycles. The van der Waals surface area contributed by atoms with E-state index in [9.17, 15) is 4.79 Å². The van der Waals surface area contributed by atoms with E-state index in [2.05, 4.69) is 49.3 Å². The Kier molecular flexibility index (Phi) is 4.31. The molecule has 1 aliphatic heterocycles. The molecule has 1 aromatic heterocycles. The minimum Gasteiger partial charge on any atom is -0.310 e. The molecule has 1 aliphatic rings. The third-order valence-corrected chi connectivity index (χ3v) is 4.04. The van der Waals surface area contributed by atoms with Crippen molar-refractivity contribution >= 4 is 27.7 Å². The Morgan fingerprint density at radius 1 is 1.24 bits per heavy atom. The van der Waals surface area contributed by atoms with Gasteiger partial charge in [0.05, 0.1) is 6.54 Å². The second-order valence-corrected chi connectivity index (χ2v) is 6.05. The Labute approximate surface area is 132 Å². The molecule has 21 heavy (non-hydrogen) atoms. The maximum atomic E-state index is 12.1. The van der Waals surface area contributed by atoms with Crippen molar-refractivity contribution in [3.8, 4) is 0 Å². The fourth-order valence-electron chi connectivity index (χ4n) is 2.52. The Bertz CT molecular complexity index is 642. The summed E-state index contributed by atoms with van der Waals surface area (Å²) in [5, 5.41) is 2.83. The predicted octanol–water partition coefficient (Wildman–Crippen LogP) is 2.84. The summed E-state index contributed by atoms with van der Waals surface area (Å²) < 4.78 is 0.896. The zero-order valence-electron chi connectivity index (χ0n) is 11.6. The van der Waals surface area contributed by atoms with Crippen LogP contribution in [0.2, 0.25) is 0 Å². The topological polar surface area (TPSA) is 45.2 Å². The van der Waals surface area contributed by atoms with Gasteiger partial charge in [0.1, 0.15) is 5.82 Å². The van der Waals surface area contributed by atoms with Crippen LogP contribution in [0.5, 0.6) is 0 Å². The van der Waals surface area contributed by atoms with Gasteiger partial charge >= 0.3 is 0 Å². The van der Waals surface area contributed by atoms with Gasteiger partial charge in [-0.05, 0) is 45.6 Å². The molecule has 0 saturated heterocycles. The quantitative estimate of drug-likeness (QED) is 0.930. The molecule has 1 N–H and O–H groups in total. The molecule has 5 heteroatoms. The summed E-state index contributed by atoms with van der Waals surface area (Å²) in [5.41, 5.74) is 2.71. The second kappa shape index (κ2) is 6.37. The van der Waals surface area contributed by atoms with Crippen LogP contribution >= 0.6 is 15.9 Å². The van der Waals surface area contributed by atoms with Crippen molar-refractivity contribution in [3.05, 3.63) is 58.2 Å². The first-order valence-corrected chi connectivity index (χ1v) is 7.70. The molecule has 4 nitrogen and oxygen atoms in total. The van der Waals surface area contributed by atoms with E-state index in [4.69, 9.17) is 0 Å². The van der Waals surface area contributed by atoms with Crippen molar-refractivity contribution in [3.63, 3.8) is 0 Å². The van der Waals surface area contributed by atoms with E-state index in [1.807, 2.05) is 12.1 Å². The van der Waals surface area contributed by atoms with Gasteiger partial charge in [-0.15, -0.1) is 0 Å². The minimum absolute atomic E-state index is 0.0239. The Balaban J connectivity index is 1.57. The third kappa shape index (κ3) is 3.68. The van der Waals surface area contributed by atoms with Crippen LogP contribution in [0.4, 0.5) is 5.82 Å². The molecular formula is C16H16BrN3O. The molecule has 0 radical (unpaired) electrons. The number of carbonyl (C=O) groups excluding carboxylic acids is 1. The lowest BCUT2D eigenvalue weighted by atomic mass is 10.00. The van der Waals surface area contributed by atoms with Crippen molar-refractivity contribution in [2.75, 3.05) is 18.4 Å². The first-order valence-electron chi connectivity index (χ1n) is 6.91. The highest BCUT2D eigenvalue weighted by atomic mass is 79.9. The molecule has 0 atom stereocenters. The van der Waals surface area contributed by atoms with E-state index in [-0.39, 0.29) is 5.91 Å². The normalized spacial score (nSPS) is 14.5. The monoisotopic (exact) mass is 345 g/mol. The first kappa shape index (κ1) is 14.2. The number of amides is 1. The minimum atomic E-state index is -0.0239. The number of nitrogens with one attached hydrogen (secondary N) is 1. The van der Waals surface area contributed by atoms with Crippen molar-refractivity contribution in [2.24, 2.45) is 0 Å². The molecule has 1 amide bonds.